The summed E-state index contributed by atoms with van der Waals surface area (Å²) in [6, 6.07) is 19.7. The molecule has 1 aromatic heterocycles. The van der Waals surface area contributed by atoms with Gasteiger partial charge in [0.1, 0.15) is 16.7 Å². The van der Waals surface area contributed by atoms with Crippen LogP contribution in [0.25, 0.3) is 0 Å². The molecule has 0 N–H and O–H groups in total. The second kappa shape index (κ2) is 6.41. The monoisotopic (exact) mass is 309 g/mol. The number of aromatic nitrogens is 1. The van der Waals surface area contributed by atoms with Gasteiger partial charge in [-0.2, -0.15) is 0 Å². The van der Waals surface area contributed by atoms with Gasteiger partial charge in [-0.1, -0.05) is 29.8 Å². The number of nitrogens with zero attached hydrogens (tertiary/aromatic N) is 1. The van der Waals surface area contributed by atoms with Gasteiger partial charge in [-0.15, -0.1) is 0 Å². The third kappa shape index (κ3) is 3.32. The van der Waals surface area contributed by atoms with Crippen molar-refractivity contribution in [3.05, 3.63) is 89.2 Å². The highest BCUT2D eigenvalue weighted by Gasteiger charge is 2.09. The van der Waals surface area contributed by atoms with Crippen LogP contribution < -0.4 is 4.74 Å². The van der Waals surface area contributed by atoms with Crippen LogP contribution in [0.4, 0.5) is 0 Å². The number of para-hydroxylation sites is 1. The highest BCUT2D eigenvalue weighted by atomic mass is 35.5. The van der Waals surface area contributed by atoms with E-state index in [-0.39, 0.29) is 5.78 Å². The van der Waals surface area contributed by atoms with Gasteiger partial charge in [0.25, 0.3) is 0 Å². The third-order valence-corrected chi connectivity index (χ3v) is 3.31. The number of hydrogen-bond acceptors (Lipinski definition) is 3. The van der Waals surface area contributed by atoms with Crippen LogP contribution in [-0.4, -0.2) is 10.8 Å². The quantitative estimate of drug-likeness (QED) is 0.515. The van der Waals surface area contributed by atoms with Gasteiger partial charge in [0.05, 0.1) is 0 Å². The fourth-order valence-electron chi connectivity index (χ4n) is 1.98. The maximum atomic E-state index is 12.3. The van der Waals surface area contributed by atoms with Crippen LogP contribution in [0.3, 0.4) is 0 Å². The Morgan fingerprint density at radius 2 is 1.45 bits per heavy atom. The Balaban J connectivity index is 1.76. The zero-order chi connectivity index (χ0) is 15.4. The molecule has 1 heterocycles. The summed E-state index contributed by atoms with van der Waals surface area (Å²) >= 11 is 5.72. The van der Waals surface area contributed by atoms with E-state index in [1.54, 1.807) is 36.4 Å². The molecule has 0 amide bonds. The number of halogens is 1. The SMILES string of the molecule is O=C(c1ccc(Oc2ccccc2)cc1)c1ccc(Cl)nc1. The summed E-state index contributed by atoms with van der Waals surface area (Å²) < 4.78 is 5.69. The molecule has 2 aromatic carbocycles. The lowest BCUT2D eigenvalue weighted by molar-refractivity contribution is 0.103. The first-order valence-corrected chi connectivity index (χ1v) is 7.09. The van der Waals surface area contributed by atoms with Crippen molar-refractivity contribution in [2.45, 2.75) is 0 Å². The maximum absolute atomic E-state index is 12.3. The molecule has 0 fully saturated rings. The Kier molecular flexibility index (Phi) is 4.17. The van der Waals surface area contributed by atoms with Crippen molar-refractivity contribution >= 4 is 17.4 Å². The molecule has 0 aliphatic heterocycles. The number of carbonyl (C=O) groups excluding carboxylic acids is 1. The Labute approximate surface area is 133 Å². The van der Waals surface area contributed by atoms with Crippen molar-refractivity contribution < 1.29 is 9.53 Å². The van der Waals surface area contributed by atoms with Crippen LogP contribution in [0.1, 0.15) is 15.9 Å². The summed E-state index contributed by atoms with van der Waals surface area (Å²) in [5.41, 5.74) is 1.07. The van der Waals surface area contributed by atoms with Gasteiger partial charge in [0.15, 0.2) is 5.78 Å². The Morgan fingerprint density at radius 3 is 2.09 bits per heavy atom. The summed E-state index contributed by atoms with van der Waals surface area (Å²) in [5.74, 6) is 1.33. The van der Waals surface area contributed by atoms with E-state index >= 15 is 0 Å². The Hall–Kier alpha value is -2.65. The lowest BCUT2D eigenvalue weighted by Gasteiger charge is -2.06. The predicted octanol–water partition coefficient (Wildman–Crippen LogP) is 4.76. The minimum Gasteiger partial charge on any atom is -0.457 e. The van der Waals surface area contributed by atoms with E-state index in [4.69, 9.17) is 16.3 Å². The van der Waals surface area contributed by atoms with E-state index in [2.05, 4.69) is 4.98 Å². The molecule has 0 spiro atoms. The number of ketones is 1. The minimum absolute atomic E-state index is 0.101. The van der Waals surface area contributed by atoms with Gasteiger partial charge >= 0.3 is 0 Å². The molecule has 0 atom stereocenters. The minimum atomic E-state index is -0.101. The standard InChI is InChI=1S/C18H12ClNO2/c19-17-11-8-14(12-20-17)18(21)13-6-9-16(10-7-13)22-15-4-2-1-3-5-15/h1-12H. The zero-order valence-electron chi connectivity index (χ0n) is 11.6. The van der Waals surface area contributed by atoms with Gasteiger partial charge in [0.2, 0.25) is 0 Å². The summed E-state index contributed by atoms with van der Waals surface area (Å²) in [6.07, 6.45) is 1.47. The summed E-state index contributed by atoms with van der Waals surface area (Å²) in [4.78, 5) is 16.2. The number of benzene rings is 2. The lowest BCUT2D eigenvalue weighted by Crippen LogP contribution is -2.01. The Bertz CT molecular complexity index is 768. The van der Waals surface area contributed by atoms with Gasteiger partial charge in [-0.05, 0) is 48.5 Å². The highest BCUT2D eigenvalue weighted by molar-refractivity contribution is 6.29. The molecule has 3 aromatic rings. The fraction of sp³-hybridized carbons (Fsp3) is 0. The summed E-state index contributed by atoms with van der Waals surface area (Å²) in [5, 5.41) is 0.364. The average Bonchev–Trinajstić information content (AvgIpc) is 2.57. The molecule has 0 unspecified atom stereocenters. The molecular weight excluding hydrogens is 298 g/mol. The first kappa shape index (κ1) is 14.3. The molecule has 0 saturated carbocycles. The smallest absolute Gasteiger partial charge is 0.194 e. The number of ether oxygens (including phenoxy) is 1. The van der Waals surface area contributed by atoms with E-state index in [9.17, 15) is 4.79 Å². The molecule has 4 heteroatoms. The molecule has 3 rings (SSSR count). The van der Waals surface area contributed by atoms with E-state index in [0.29, 0.717) is 22.0 Å². The third-order valence-electron chi connectivity index (χ3n) is 3.08. The van der Waals surface area contributed by atoms with Crippen LogP contribution >= 0.6 is 11.6 Å². The largest absolute Gasteiger partial charge is 0.457 e. The van der Waals surface area contributed by atoms with Crippen molar-refractivity contribution in [3.63, 3.8) is 0 Å². The van der Waals surface area contributed by atoms with E-state index in [1.807, 2.05) is 30.3 Å². The number of rotatable bonds is 4. The van der Waals surface area contributed by atoms with Crippen LogP contribution in [0.2, 0.25) is 5.15 Å². The van der Waals surface area contributed by atoms with Crippen molar-refractivity contribution in [2.75, 3.05) is 0 Å². The molecule has 0 saturated heterocycles. The fourth-order valence-corrected chi connectivity index (χ4v) is 2.09. The summed E-state index contributed by atoms with van der Waals surface area (Å²) in [6.45, 7) is 0. The van der Waals surface area contributed by atoms with E-state index < -0.39 is 0 Å². The lowest BCUT2D eigenvalue weighted by atomic mass is 10.1. The molecule has 0 aliphatic rings. The second-order valence-electron chi connectivity index (χ2n) is 4.64. The number of pyridine rings is 1. The second-order valence-corrected chi connectivity index (χ2v) is 5.03. The molecule has 0 aliphatic carbocycles. The molecule has 108 valence electrons. The van der Waals surface area contributed by atoms with Gasteiger partial charge in [-0.25, -0.2) is 4.98 Å². The van der Waals surface area contributed by atoms with Crippen LogP contribution in [0, 0.1) is 0 Å². The van der Waals surface area contributed by atoms with Crippen molar-refractivity contribution in [1.29, 1.82) is 0 Å². The van der Waals surface area contributed by atoms with Crippen molar-refractivity contribution in [2.24, 2.45) is 0 Å². The van der Waals surface area contributed by atoms with E-state index in [1.165, 1.54) is 6.20 Å². The number of carbonyl (C=O) groups is 1. The van der Waals surface area contributed by atoms with Crippen LogP contribution in [0.15, 0.2) is 72.9 Å². The molecule has 0 bridgehead atoms. The Morgan fingerprint density at radius 1 is 0.818 bits per heavy atom. The predicted molar refractivity (Wildman–Crippen MR) is 85.6 cm³/mol. The first-order chi connectivity index (χ1) is 10.7. The topological polar surface area (TPSA) is 39.2 Å². The molecule has 0 radical (unpaired) electrons. The maximum Gasteiger partial charge on any atom is 0.194 e. The van der Waals surface area contributed by atoms with Crippen molar-refractivity contribution in [1.82, 2.24) is 4.98 Å². The van der Waals surface area contributed by atoms with E-state index in [0.717, 1.165) is 5.75 Å². The average molecular weight is 310 g/mol. The molecule has 22 heavy (non-hydrogen) atoms. The van der Waals surface area contributed by atoms with Gasteiger partial charge in [-0.3, -0.25) is 4.79 Å². The van der Waals surface area contributed by atoms with Gasteiger partial charge in [0, 0.05) is 17.3 Å². The normalized spacial score (nSPS) is 10.2. The zero-order valence-corrected chi connectivity index (χ0v) is 12.3. The first-order valence-electron chi connectivity index (χ1n) is 6.71. The molecule has 3 nitrogen and oxygen atoms in total. The molecular formula is C18H12ClNO2. The van der Waals surface area contributed by atoms with Crippen molar-refractivity contribution in [3.8, 4) is 11.5 Å². The van der Waals surface area contributed by atoms with Gasteiger partial charge < -0.3 is 4.74 Å². The number of hydrogen-bond donors (Lipinski definition) is 0. The van der Waals surface area contributed by atoms with Crippen LogP contribution in [0.5, 0.6) is 11.5 Å². The van der Waals surface area contributed by atoms with Crippen LogP contribution in [-0.2, 0) is 0 Å². The summed E-state index contributed by atoms with van der Waals surface area (Å²) in [7, 11) is 0. The highest BCUT2D eigenvalue weighted by Crippen LogP contribution is 2.22.